The molecule has 0 saturated carbocycles. The number of esters is 1. The number of aromatic nitrogens is 2. The zero-order chi connectivity index (χ0) is 23.9. The third-order valence-corrected chi connectivity index (χ3v) is 5.46. The first-order valence-electron chi connectivity index (χ1n) is 10.0. The number of aromatic carboxylic acids is 1. The molecule has 33 heavy (non-hydrogen) atoms. The average Bonchev–Trinajstić information content (AvgIpc) is 3.14. The number of nitriles is 1. The van der Waals surface area contributed by atoms with Crippen molar-refractivity contribution in [3.05, 3.63) is 76.6 Å². The molecule has 2 aromatic heterocycles. The molecule has 8 nitrogen and oxygen atoms in total. The standard InChI is InChI=1S/C25H20N4O4/c1-13-8-14(2)22-18(9-13)19(24(30)31)10-20(28-22)15-4-6-17(7-5-15)29-12-16(11-26)21(27)23(29)25(32)33-3/h4-10,12H,27H2,1-3H3,(H,30,31). The number of carboxylic acid groups (broad SMARTS) is 1. The number of nitrogens with two attached hydrogens (primary N) is 1. The number of methoxy groups -OCH3 is 1. The molecule has 0 amide bonds. The van der Waals surface area contributed by atoms with E-state index in [1.807, 2.05) is 32.0 Å². The van der Waals surface area contributed by atoms with E-state index >= 15 is 0 Å². The minimum Gasteiger partial charge on any atom is -0.478 e. The van der Waals surface area contributed by atoms with Crippen LogP contribution in [0.3, 0.4) is 0 Å². The van der Waals surface area contributed by atoms with Crippen LogP contribution in [0.25, 0.3) is 27.8 Å². The van der Waals surface area contributed by atoms with Crippen LogP contribution in [0.4, 0.5) is 5.69 Å². The number of aryl methyl sites for hydroxylation is 2. The van der Waals surface area contributed by atoms with Crippen LogP contribution in [-0.2, 0) is 4.74 Å². The van der Waals surface area contributed by atoms with E-state index in [2.05, 4.69) is 0 Å². The predicted octanol–water partition coefficient (Wildman–Crippen LogP) is 4.25. The molecule has 4 rings (SSSR count). The van der Waals surface area contributed by atoms with E-state index in [1.54, 1.807) is 30.3 Å². The molecule has 4 aromatic rings. The third-order valence-electron chi connectivity index (χ3n) is 5.46. The summed E-state index contributed by atoms with van der Waals surface area (Å²) in [5.74, 6) is -1.69. The molecule has 8 heteroatoms. The summed E-state index contributed by atoms with van der Waals surface area (Å²) < 4.78 is 6.30. The number of carbonyl (C=O) groups is 2. The van der Waals surface area contributed by atoms with Crippen molar-refractivity contribution in [2.75, 3.05) is 12.8 Å². The number of carbonyl (C=O) groups excluding carboxylic acids is 1. The van der Waals surface area contributed by atoms with E-state index in [4.69, 9.17) is 15.5 Å². The van der Waals surface area contributed by atoms with Crippen LogP contribution in [0, 0.1) is 25.2 Å². The quantitative estimate of drug-likeness (QED) is 0.454. The summed E-state index contributed by atoms with van der Waals surface area (Å²) in [6.07, 6.45) is 1.47. The zero-order valence-corrected chi connectivity index (χ0v) is 18.2. The normalized spacial score (nSPS) is 10.7. The second kappa shape index (κ2) is 8.13. The summed E-state index contributed by atoms with van der Waals surface area (Å²) in [5, 5.41) is 19.7. The minimum atomic E-state index is -1.03. The van der Waals surface area contributed by atoms with Crippen molar-refractivity contribution in [2.45, 2.75) is 13.8 Å². The first kappa shape index (κ1) is 21.6. The van der Waals surface area contributed by atoms with Gasteiger partial charge < -0.3 is 20.1 Å². The number of rotatable bonds is 4. The van der Waals surface area contributed by atoms with Crippen LogP contribution < -0.4 is 5.73 Å². The first-order chi connectivity index (χ1) is 15.7. The average molecular weight is 440 g/mol. The number of benzene rings is 2. The number of fused-ring (bicyclic) bond motifs is 1. The topological polar surface area (TPSA) is 131 Å². The third kappa shape index (κ3) is 3.66. The Balaban J connectivity index is 1.84. The summed E-state index contributed by atoms with van der Waals surface area (Å²) in [6, 6.07) is 14.3. The number of ether oxygens (including phenoxy) is 1. The number of pyridine rings is 1. The van der Waals surface area contributed by atoms with Crippen LogP contribution in [0.5, 0.6) is 0 Å². The summed E-state index contributed by atoms with van der Waals surface area (Å²) in [7, 11) is 1.24. The van der Waals surface area contributed by atoms with Gasteiger partial charge in [-0.3, -0.25) is 0 Å². The Hall–Kier alpha value is -4.64. The van der Waals surface area contributed by atoms with Gasteiger partial charge in [-0.1, -0.05) is 23.8 Å². The molecule has 0 fully saturated rings. The molecule has 0 radical (unpaired) electrons. The summed E-state index contributed by atoms with van der Waals surface area (Å²) in [4.78, 5) is 28.9. The molecule has 0 bridgehead atoms. The van der Waals surface area contributed by atoms with Crippen molar-refractivity contribution in [1.29, 1.82) is 5.26 Å². The zero-order valence-electron chi connectivity index (χ0n) is 18.2. The van der Waals surface area contributed by atoms with Crippen LogP contribution in [0.1, 0.15) is 37.5 Å². The lowest BCUT2D eigenvalue weighted by Crippen LogP contribution is -2.11. The number of carboxylic acids is 1. The van der Waals surface area contributed by atoms with E-state index in [0.717, 1.165) is 11.1 Å². The number of hydrogen-bond donors (Lipinski definition) is 2. The van der Waals surface area contributed by atoms with Crippen molar-refractivity contribution >= 4 is 28.5 Å². The molecular weight excluding hydrogens is 420 g/mol. The Morgan fingerprint density at radius 2 is 1.85 bits per heavy atom. The molecular formula is C25H20N4O4. The molecule has 0 saturated heterocycles. The van der Waals surface area contributed by atoms with E-state index < -0.39 is 11.9 Å². The largest absolute Gasteiger partial charge is 0.478 e. The second-order valence-electron chi connectivity index (χ2n) is 7.66. The summed E-state index contributed by atoms with van der Waals surface area (Å²) >= 11 is 0. The maximum atomic E-state index is 12.2. The Labute approximate surface area is 189 Å². The van der Waals surface area contributed by atoms with E-state index in [1.165, 1.54) is 17.9 Å². The second-order valence-corrected chi connectivity index (χ2v) is 7.66. The summed E-state index contributed by atoms with van der Waals surface area (Å²) in [5.41, 5.74) is 10.7. The maximum Gasteiger partial charge on any atom is 0.357 e. The van der Waals surface area contributed by atoms with Gasteiger partial charge in [-0.2, -0.15) is 5.26 Å². The number of nitrogen functional groups attached to an aromatic ring is 1. The van der Waals surface area contributed by atoms with Crippen molar-refractivity contribution in [1.82, 2.24) is 9.55 Å². The van der Waals surface area contributed by atoms with E-state index in [9.17, 15) is 20.0 Å². The summed E-state index contributed by atoms with van der Waals surface area (Å²) in [6.45, 7) is 3.82. The van der Waals surface area contributed by atoms with Crippen molar-refractivity contribution in [2.24, 2.45) is 0 Å². The van der Waals surface area contributed by atoms with Crippen molar-refractivity contribution in [3.63, 3.8) is 0 Å². The number of anilines is 1. The van der Waals surface area contributed by atoms with E-state index in [-0.39, 0.29) is 22.5 Å². The predicted molar refractivity (Wildman–Crippen MR) is 123 cm³/mol. The highest BCUT2D eigenvalue weighted by molar-refractivity contribution is 6.04. The van der Waals surface area contributed by atoms with Gasteiger partial charge in [-0.25, -0.2) is 14.6 Å². The number of nitrogens with zero attached hydrogens (tertiary/aromatic N) is 3. The molecule has 3 N–H and O–H groups in total. The Bertz CT molecular complexity index is 1480. The van der Waals surface area contributed by atoms with Gasteiger partial charge in [-0.05, 0) is 43.7 Å². The Kier molecular flexibility index (Phi) is 5.32. The van der Waals surface area contributed by atoms with Crippen molar-refractivity contribution in [3.8, 4) is 23.0 Å². The lowest BCUT2D eigenvalue weighted by Gasteiger charge is -2.12. The van der Waals surface area contributed by atoms with Gasteiger partial charge >= 0.3 is 11.9 Å². The molecule has 2 aromatic carbocycles. The fourth-order valence-corrected chi connectivity index (χ4v) is 3.92. The molecule has 0 aliphatic carbocycles. The molecule has 0 spiro atoms. The Morgan fingerprint density at radius 3 is 2.45 bits per heavy atom. The van der Waals surface area contributed by atoms with E-state index in [0.29, 0.717) is 27.8 Å². The van der Waals surface area contributed by atoms with Crippen molar-refractivity contribution < 1.29 is 19.4 Å². The molecule has 2 heterocycles. The highest BCUT2D eigenvalue weighted by Crippen LogP contribution is 2.30. The molecule has 0 atom stereocenters. The lowest BCUT2D eigenvalue weighted by atomic mass is 10.00. The SMILES string of the molecule is COC(=O)c1c(N)c(C#N)cn1-c1ccc(-c2cc(C(=O)O)c3cc(C)cc(C)c3n2)cc1. The molecule has 0 unspecified atom stereocenters. The van der Waals surface area contributed by atoms with Crippen LogP contribution in [0.2, 0.25) is 0 Å². The van der Waals surface area contributed by atoms with Gasteiger partial charge in [0.15, 0.2) is 5.69 Å². The maximum absolute atomic E-state index is 12.2. The van der Waals surface area contributed by atoms with Gasteiger partial charge in [-0.15, -0.1) is 0 Å². The fourth-order valence-electron chi connectivity index (χ4n) is 3.92. The van der Waals surface area contributed by atoms with Gasteiger partial charge in [0, 0.05) is 22.8 Å². The Morgan fingerprint density at radius 1 is 1.15 bits per heavy atom. The lowest BCUT2D eigenvalue weighted by molar-refractivity contribution is 0.0592. The minimum absolute atomic E-state index is 0.0430. The molecule has 164 valence electrons. The molecule has 0 aliphatic rings. The van der Waals surface area contributed by atoms with Gasteiger partial charge in [0.05, 0.1) is 35.1 Å². The highest BCUT2D eigenvalue weighted by atomic mass is 16.5. The van der Waals surface area contributed by atoms with Gasteiger partial charge in [0.1, 0.15) is 6.07 Å². The van der Waals surface area contributed by atoms with Crippen LogP contribution in [0.15, 0.2) is 48.7 Å². The first-order valence-corrected chi connectivity index (χ1v) is 10.0. The highest BCUT2D eigenvalue weighted by Gasteiger charge is 2.22. The van der Waals surface area contributed by atoms with Crippen LogP contribution in [-0.4, -0.2) is 33.7 Å². The monoisotopic (exact) mass is 440 g/mol. The number of hydrogen-bond acceptors (Lipinski definition) is 6. The van der Waals surface area contributed by atoms with Crippen LogP contribution >= 0.6 is 0 Å². The van der Waals surface area contributed by atoms with Gasteiger partial charge in [0.2, 0.25) is 0 Å². The molecule has 0 aliphatic heterocycles. The van der Waals surface area contributed by atoms with Gasteiger partial charge in [0.25, 0.3) is 0 Å². The smallest absolute Gasteiger partial charge is 0.357 e. The fraction of sp³-hybridized carbons (Fsp3) is 0.120.